The lowest BCUT2D eigenvalue weighted by atomic mass is 9.59. The zero-order valence-corrected chi connectivity index (χ0v) is 22.4. The Balaban J connectivity index is 1.45. The highest BCUT2D eigenvalue weighted by Crippen LogP contribution is 2.49. The minimum Gasteiger partial charge on any atom is -0.506 e. The highest BCUT2D eigenvalue weighted by molar-refractivity contribution is 6.03. The fourth-order valence-electron chi connectivity index (χ4n) is 6.62. The number of fused-ring (bicyclic) bond motifs is 1. The van der Waals surface area contributed by atoms with E-state index in [9.17, 15) is 19.5 Å². The lowest BCUT2D eigenvalue weighted by molar-refractivity contribution is -0.141. The fourth-order valence-corrected chi connectivity index (χ4v) is 6.62. The van der Waals surface area contributed by atoms with Gasteiger partial charge in [-0.3, -0.25) is 14.4 Å². The monoisotopic (exact) mass is 515 g/mol. The van der Waals surface area contributed by atoms with Gasteiger partial charge in [-0.1, -0.05) is 55.7 Å². The van der Waals surface area contributed by atoms with Crippen LogP contribution in [0.15, 0.2) is 59.1 Å². The van der Waals surface area contributed by atoms with Crippen molar-refractivity contribution in [1.29, 1.82) is 0 Å². The van der Waals surface area contributed by atoms with Crippen LogP contribution in [-0.4, -0.2) is 21.8 Å². The number of carbonyl (C=O) groups excluding carboxylic acids is 2. The number of aromatic nitrogens is 1. The number of esters is 1. The van der Waals surface area contributed by atoms with Gasteiger partial charge in [0.2, 0.25) is 0 Å². The maximum atomic E-state index is 14.0. The summed E-state index contributed by atoms with van der Waals surface area (Å²) in [6.45, 7) is 6.33. The average molecular weight is 516 g/mol. The Morgan fingerprint density at radius 3 is 2.50 bits per heavy atom. The zero-order valence-electron chi connectivity index (χ0n) is 22.4. The normalized spacial score (nSPS) is 27.3. The molecule has 2 N–H and O–H groups in total. The molecule has 1 aromatic carbocycles. The number of ether oxygens (including phenoxy) is 1. The summed E-state index contributed by atoms with van der Waals surface area (Å²) in [6, 6.07) is 6.76. The van der Waals surface area contributed by atoms with Crippen molar-refractivity contribution in [3.8, 4) is 22.6 Å². The van der Waals surface area contributed by atoms with Crippen LogP contribution in [0, 0.1) is 35.5 Å². The second-order valence-corrected chi connectivity index (χ2v) is 11.4. The first-order valence-corrected chi connectivity index (χ1v) is 13.9. The number of rotatable bonds is 6. The SMILES string of the molecule is C/C=C/[C@@H]1[C@H]2C[C@@H](C)CC[C@@H]2C(C)=C[C@H]1C(=O)c1c(O)c(-c2ccc(OC(=O)C3CCC3)cc2)c[nH]c1=O. The van der Waals surface area contributed by atoms with Crippen molar-refractivity contribution in [3.05, 3.63) is 70.2 Å². The number of allylic oxidation sites excluding steroid dienone is 4. The van der Waals surface area contributed by atoms with E-state index in [1.165, 1.54) is 18.2 Å². The van der Waals surface area contributed by atoms with E-state index < -0.39 is 11.5 Å². The van der Waals surface area contributed by atoms with Gasteiger partial charge >= 0.3 is 5.97 Å². The van der Waals surface area contributed by atoms with Crippen LogP contribution >= 0.6 is 0 Å². The van der Waals surface area contributed by atoms with Gasteiger partial charge in [-0.15, -0.1) is 0 Å². The molecule has 2 saturated carbocycles. The fraction of sp³-hybridized carbons (Fsp3) is 0.469. The number of H-pyrrole nitrogens is 1. The van der Waals surface area contributed by atoms with Crippen LogP contribution < -0.4 is 10.3 Å². The van der Waals surface area contributed by atoms with Crippen molar-refractivity contribution in [2.24, 2.45) is 35.5 Å². The van der Waals surface area contributed by atoms with E-state index in [0.717, 1.165) is 32.1 Å². The molecule has 3 aliphatic carbocycles. The molecule has 0 saturated heterocycles. The molecule has 3 aliphatic rings. The van der Waals surface area contributed by atoms with E-state index in [-0.39, 0.29) is 34.9 Å². The Bertz CT molecular complexity index is 1330. The van der Waals surface area contributed by atoms with Crippen LogP contribution in [0.3, 0.4) is 0 Å². The van der Waals surface area contributed by atoms with E-state index in [0.29, 0.717) is 34.6 Å². The van der Waals surface area contributed by atoms with Crippen LogP contribution in [0.2, 0.25) is 0 Å². The number of Topliss-reactive ketones (excluding diaryl/α,β-unsaturated/α-hetero) is 1. The molecule has 2 fully saturated rings. The Labute approximate surface area is 223 Å². The number of ketones is 1. The predicted octanol–water partition coefficient (Wildman–Crippen LogP) is 6.46. The highest BCUT2D eigenvalue weighted by Gasteiger charge is 2.43. The molecule has 0 radical (unpaired) electrons. The van der Waals surface area contributed by atoms with E-state index in [1.54, 1.807) is 24.3 Å². The van der Waals surface area contributed by atoms with Crippen LogP contribution in [0.4, 0.5) is 0 Å². The number of hydrogen-bond acceptors (Lipinski definition) is 5. The van der Waals surface area contributed by atoms with Crippen LogP contribution in [-0.2, 0) is 4.79 Å². The molecule has 0 aliphatic heterocycles. The minimum absolute atomic E-state index is 0.0176. The molecule has 200 valence electrons. The van der Waals surface area contributed by atoms with Gasteiger partial charge in [0.25, 0.3) is 5.56 Å². The van der Waals surface area contributed by atoms with Crippen molar-refractivity contribution in [3.63, 3.8) is 0 Å². The van der Waals surface area contributed by atoms with Gasteiger partial charge in [-0.25, -0.2) is 0 Å². The number of pyridine rings is 1. The summed E-state index contributed by atoms with van der Waals surface area (Å²) < 4.78 is 5.47. The molecule has 0 spiro atoms. The molecule has 0 unspecified atom stereocenters. The third kappa shape index (κ3) is 4.89. The van der Waals surface area contributed by atoms with Crippen molar-refractivity contribution in [2.75, 3.05) is 0 Å². The summed E-state index contributed by atoms with van der Waals surface area (Å²) in [5, 5.41) is 11.2. The number of aromatic amines is 1. The first-order chi connectivity index (χ1) is 18.3. The van der Waals surface area contributed by atoms with Gasteiger partial charge in [0.1, 0.15) is 17.1 Å². The van der Waals surface area contributed by atoms with Crippen molar-refractivity contribution in [1.82, 2.24) is 4.98 Å². The molecule has 1 aromatic heterocycles. The van der Waals surface area contributed by atoms with Crippen LogP contribution in [0.1, 0.15) is 69.7 Å². The third-order valence-corrected chi connectivity index (χ3v) is 8.95. The van der Waals surface area contributed by atoms with Crippen molar-refractivity contribution in [2.45, 2.75) is 59.3 Å². The van der Waals surface area contributed by atoms with E-state index >= 15 is 0 Å². The average Bonchev–Trinajstić information content (AvgIpc) is 2.85. The molecule has 0 bridgehead atoms. The first-order valence-electron chi connectivity index (χ1n) is 13.9. The smallest absolute Gasteiger partial charge is 0.314 e. The Kier molecular flexibility index (Phi) is 7.42. The number of aromatic hydroxyl groups is 1. The molecule has 6 heteroatoms. The minimum atomic E-state index is -0.591. The van der Waals surface area contributed by atoms with Gasteiger partial charge in [0, 0.05) is 17.7 Å². The first kappa shape index (κ1) is 26.2. The Hall–Kier alpha value is -3.41. The number of hydrogen-bond donors (Lipinski definition) is 2. The summed E-state index contributed by atoms with van der Waals surface area (Å²) in [5.41, 5.74) is 1.38. The number of nitrogens with one attached hydrogen (secondary N) is 1. The zero-order chi connectivity index (χ0) is 27.0. The largest absolute Gasteiger partial charge is 0.506 e. The maximum absolute atomic E-state index is 14.0. The van der Waals surface area contributed by atoms with Gasteiger partial charge in [0.15, 0.2) is 5.78 Å². The third-order valence-electron chi connectivity index (χ3n) is 8.95. The van der Waals surface area contributed by atoms with E-state index in [1.807, 2.05) is 19.1 Å². The summed E-state index contributed by atoms with van der Waals surface area (Å²) in [5.74, 6) is 0.385. The number of carbonyl (C=O) groups is 2. The second kappa shape index (κ2) is 10.8. The molecule has 5 rings (SSSR count). The topological polar surface area (TPSA) is 96.5 Å². The van der Waals surface area contributed by atoms with Gasteiger partial charge < -0.3 is 14.8 Å². The summed E-state index contributed by atoms with van der Waals surface area (Å²) in [6.07, 6.45) is 13.7. The standard InChI is InChI=1S/C32H37NO5/c1-4-6-24-25-15-18(2)9-14-23(25)19(3)16-26(24)29(34)28-30(35)27(17-33-31(28)36)20-10-12-22(13-11-20)38-32(37)21-7-5-8-21/h4,6,10-13,16-18,21,23-26H,5,7-9,14-15H2,1-3H3,(H2,33,35,36)/b6-4+/t18-,23+,24+,25-,26+/m0/s1. The van der Waals surface area contributed by atoms with Crippen LogP contribution in [0.5, 0.6) is 11.5 Å². The summed E-state index contributed by atoms with van der Waals surface area (Å²) in [7, 11) is 0. The summed E-state index contributed by atoms with van der Waals surface area (Å²) >= 11 is 0. The Morgan fingerprint density at radius 2 is 1.84 bits per heavy atom. The quantitative estimate of drug-likeness (QED) is 0.199. The molecule has 0 amide bonds. The van der Waals surface area contributed by atoms with Crippen LogP contribution in [0.25, 0.3) is 11.1 Å². The molecular formula is C32H37NO5. The summed E-state index contributed by atoms with van der Waals surface area (Å²) in [4.78, 5) is 41.7. The lowest BCUT2D eigenvalue weighted by Crippen LogP contribution is -2.40. The second-order valence-electron chi connectivity index (χ2n) is 11.4. The van der Waals surface area contributed by atoms with Crippen molar-refractivity contribution < 1.29 is 19.4 Å². The maximum Gasteiger partial charge on any atom is 0.314 e. The van der Waals surface area contributed by atoms with Gasteiger partial charge in [-0.05, 0) is 80.9 Å². The van der Waals surface area contributed by atoms with E-state index in [2.05, 4.69) is 24.9 Å². The molecule has 5 atom stereocenters. The number of benzene rings is 1. The van der Waals surface area contributed by atoms with Gasteiger partial charge in [0.05, 0.1) is 5.92 Å². The van der Waals surface area contributed by atoms with Gasteiger partial charge in [-0.2, -0.15) is 0 Å². The predicted molar refractivity (Wildman–Crippen MR) is 147 cm³/mol. The molecule has 38 heavy (non-hydrogen) atoms. The highest BCUT2D eigenvalue weighted by atomic mass is 16.5. The molecule has 1 heterocycles. The van der Waals surface area contributed by atoms with E-state index in [4.69, 9.17) is 4.74 Å². The van der Waals surface area contributed by atoms with Crippen molar-refractivity contribution >= 4 is 11.8 Å². The molecule has 6 nitrogen and oxygen atoms in total. The molecular weight excluding hydrogens is 478 g/mol. The molecule has 2 aromatic rings. The Morgan fingerprint density at radius 1 is 1.11 bits per heavy atom. The lowest BCUT2D eigenvalue weighted by Gasteiger charge is -2.45.